The van der Waals surface area contributed by atoms with Crippen LogP contribution >= 0.6 is 0 Å². The van der Waals surface area contributed by atoms with E-state index in [2.05, 4.69) is 0 Å². The van der Waals surface area contributed by atoms with Crippen LogP contribution in [0.3, 0.4) is 0 Å². The Labute approximate surface area is 112 Å². The quantitative estimate of drug-likeness (QED) is 0.881. The molecule has 0 amide bonds. The van der Waals surface area contributed by atoms with Gasteiger partial charge in [-0.25, -0.2) is 12.8 Å². The molecule has 0 saturated heterocycles. The average molecular weight is 287 g/mol. The average Bonchev–Trinajstić information content (AvgIpc) is 2.68. The minimum Gasteiger partial charge on any atom is -0.489 e. The van der Waals surface area contributed by atoms with Gasteiger partial charge in [0.2, 0.25) is 0 Å². The molecular weight excluding hydrogens is 269 g/mol. The molecule has 106 valence electrons. The summed E-state index contributed by atoms with van der Waals surface area (Å²) in [6.45, 7) is 2.15. The van der Waals surface area contributed by atoms with Gasteiger partial charge in [0.15, 0.2) is 9.84 Å². The maximum absolute atomic E-state index is 13.1. The number of nitrogens with two attached hydrogens (primary N) is 1. The molecule has 6 heteroatoms. The zero-order valence-electron chi connectivity index (χ0n) is 10.8. The summed E-state index contributed by atoms with van der Waals surface area (Å²) in [6.07, 6.45) is 0.00958. The predicted molar refractivity (Wildman–Crippen MR) is 71.4 cm³/mol. The summed E-state index contributed by atoms with van der Waals surface area (Å²) >= 11 is 0. The van der Waals surface area contributed by atoms with Gasteiger partial charge >= 0.3 is 0 Å². The molecule has 0 fully saturated rings. The van der Waals surface area contributed by atoms with Crippen LogP contribution in [0.2, 0.25) is 0 Å². The van der Waals surface area contributed by atoms with Crippen molar-refractivity contribution in [3.8, 4) is 5.75 Å². The molecule has 1 aliphatic rings. The first-order chi connectivity index (χ1) is 8.89. The van der Waals surface area contributed by atoms with Gasteiger partial charge in [-0.1, -0.05) is 6.92 Å². The fraction of sp³-hybridized carbons (Fsp3) is 0.538. The number of hydrogen-bond acceptors (Lipinski definition) is 4. The molecule has 0 saturated carbocycles. The molecule has 4 nitrogen and oxygen atoms in total. The lowest BCUT2D eigenvalue weighted by Crippen LogP contribution is -2.30. The van der Waals surface area contributed by atoms with Crippen molar-refractivity contribution < 1.29 is 17.5 Å². The Balaban J connectivity index is 2.00. The molecule has 1 heterocycles. The number of benzene rings is 1. The maximum Gasteiger partial charge on any atom is 0.154 e. The summed E-state index contributed by atoms with van der Waals surface area (Å²) in [4.78, 5) is 0. The van der Waals surface area contributed by atoms with Crippen LogP contribution in [0.4, 0.5) is 4.39 Å². The second-order valence-electron chi connectivity index (χ2n) is 5.11. The highest BCUT2D eigenvalue weighted by Gasteiger charge is 2.28. The van der Waals surface area contributed by atoms with E-state index in [4.69, 9.17) is 10.5 Å². The van der Waals surface area contributed by atoms with Crippen molar-refractivity contribution in [1.29, 1.82) is 0 Å². The Morgan fingerprint density at radius 1 is 1.53 bits per heavy atom. The van der Waals surface area contributed by atoms with Crippen LogP contribution in [-0.4, -0.2) is 32.6 Å². The highest BCUT2D eigenvalue weighted by molar-refractivity contribution is 7.91. The lowest BCUT2D eigenvalue weighted by Gasteiger charge is -2.13. The number of fused-ring (bicyclic) bond motifs is 1. The van der Waals surface area contributed by atoms with Crippen molar-refractivity contribution in [2.75, 3.05) is 18.1 Å². The molecule has 0 aromatic heterocycles. The first-order valence-corrected chi connectivity index (χ1v) is 8.07. The van der Waals surface area contributed by atoms with Crippen LogP contribution in [-0.2, 0) is 16.3 Å². The molecule has 1 aliphatic heterocycles. The third-order valence-corrected chi connectivity index (χ3v) is 5.10. The topological polar surface area (TPSA) is 69.4 Å². The molecule has 0 radical (unpaired) electrons. The van der Waals surface area contributed by atoms with E-state index in [0.717, 1.165) is 5.56 Å². The maximum atomic E-state index is 13.1. The van der Waals surface area contributed by atoms with Crippen LogP contribution in [0.1, 0.15) is 12.5 Å². The molecule has 1 aromatic carbocycles. The highest BCUT2D eigenvalue weighted by Crippen LogP contribution is 2.29. The first kappa shape index (κ1) is 14.3. The summed E-state index contributed by atoms with van der Waals surface area (Å²) in [6, 6.07) is 4.25. The van der Waals surface area contributed by atoms with Crippen LogP contribution in [0.25, 0.3) is 0 Å². The molecule has 1 aromatic rings. The first-order valence-electron chi connectivity index (χ1n) is 6.25. The van der Waals surface area contributed by atoms with E-state index in [1.165, 1.54) is 12.1 Å². The molecule has 0 bridgehead atoms. The van der Waals surface area contributed by atoms with Gasteiger partial charge in [-0.3, -0.25) is 0 Å². The van der Waals surface area contributed by atoms with E-state index in [0.29, 0.717) is 18.7 Å². The molecule has 2 atom stereocenters. The van der Waals surface area contributed by atoms with E-state index in [9.17, 15) is 12.8 Å². The second-order valence-corrected chi connectivity index (χ2v) is 7.27. The minimum atomic E-state index is -3.20. The van der Waals surface area contributed by atoms with Crippen molar-refractivity contribution in [2.45, 2.75) is 19.4 Å². The summed E-state index contributed by atoms with van der Waals surface area (Å²) in [5.41, 5.74) is 6.16. The van der Waals surface area contributed by atoms with E-state index in [1.54, 1.807) is 13.0 Å². The summed E-state index contributed by atoms with van der Waals surface area (Å²) < 4.78 is 42.5. The minimum absolute atomic E-state index is 0.0480. The monoisotopic (exact) mass is 287 g/mol. The van der Waals surface area contributed by atoms with Crippen LogP contribution in [0, 0.1) is 11.7 Å². The van der Waals surface area contributed by atoms with Gasteiger partial charge in [0.25, 0.3) is 0 Å². The molecular formula is C13H18FNO3S. The lowest BCUT2D eigenvalue weighted by molar-refractivity contribution is 0.256. The molecule has 0 aliphatic carbocycles. The fourth-order valence-corrected chi connectivity index (χ4v) is 4.13. The normalized spacial score (nSPS) is 19.8. The smallest absolute Gasteiger partial charge is 0.154 e. The highest BCUT2D eigenvalue weighted by atomic mass is 32.2. The second kappa shape index (κ2) is 5.46. The summed E-state index contributed by atoms with van der Waals surface area (Å²) in [5, 5.41) is 0. The van der Waals surface area contributed by atoms with E-state index in [1.807, 2.05) is 0 Å². The van der Waals surface area contributed by atoms with Gasteiger partial charge in [-0.15, -0.1) is 0 Å². The van der Waals surface area contributed by atoms with Crippen molar-refractivity contribution >= 4 is 9.84 Å². The Morgan fingerprint density at radius 3 is 2.95 bits per heavy atom. The Morgan fingerprint density at radius 2 is 2.26 bits per heavy atom. The number of hydrogen-bond donors (Lipinski definition) is 1. The van der Waals surface area contributed by atoms with Gasteiger partial charge < -0.3 is 10.5 Å². The SMILES string of the molecule is CC(CN)CS(=O)(=O)CC1Cc2cc(F)ccc2O1. The number of sulfone groups is 1. The van der Waals surface area contributed by atoms with Gasteiger partial charge in [0.1, 0.15) is 17.7 Å². The Kier molecular flexibility index (Phi) is 4.10. The number of rotatable bonds is 5. The molecule has 2 N–H and O–H groups in total. The zero-order chi connectivity index (χ0) is 14.0. The fourth-order valence-electron chi connectivity index (χ4n) is 2.23. The summed E-state index contributed by atoms with van der Waals surface area (Å²) in [5.74, 6) is 0.198. The molecule has 0 spiro atoms. The van der Waals surface area contributed by atoms with E-state index >= 15 is 0 Å². The van der Waals surface area contributed by atoms with Crippen LogP contribution in [0.5, 0.6) is 5.75 Å². The van der Waals surface area contributed by atoms with Crippen LogP contribution in [0.15, 0.2) is 18.2 Å². The molecule has 2 unspecified atom stereocenters. The van der Waals surface area contributed by atoms with Crippen molar-refractivity contribution in [3.05, 3.63) is 29.6 Å². The Bertz CT molecular complexity index is 559. The Hall–Kier alpha value is -1.14. The zero-order valence-corrected chi connectivity index (χ0v) is 11.6. The molecule has 2 rings (SSSR count). The predicted octanol–water partition coefficient (Wildman–Crippen LogP) is 1.14. The molecule has 19 heavy (non-hydrogen) atoms. The largest absolute Gasteiger partial charge is 0.489 e. The van der Waals surface area contributed by atoms with Gasteiger partial charge in [-0.2, -0.15) is 0 Å². The summed E-state index contributed by atoms with van der Waals surface area (Å²) in [7, 11) is -3.20. The van der Waals surface area contributed by atoms with Gasteiger partial charge in [0.05, 0.1) is 11.5 Å². The van der Waals surface area contributed by atoms with Gasteiger partial charge in [0, 0.05) is 12.0 Å². The number of ether oxygens (including phenoxy) is 1. The van der Waals surface area contributed by atoms with Crippen LogP contribution < -0.4 is 10.5 Å². The van der Waals surface area contributed by atoms with Crippen molar-refractivity contribution in [1.82, 2.24) is 0 Å². The van der Waals surface area contributed by atoms with E-state index < -0.39 is 15.9 Å². The third-order valence-electron chi connectivity index (χ3n) is 3.14. The van der Waals surface area contributed by atoms with Crippen molar-refractivity contribution in [2.24, 2.45) is 11.7 Å². The standard InChI is InChI=1S/C13H18FNO3S/c1-9(6-15)7-19(16,17)8-12-5-10-4-11(14)2-3-13(10)18-12/h2-4,9,12H,5-8,15H2,1H3. The lowest BCUT2D eigenvalue weighted by atomic mass is 10.1. The van der Waals surface area contributed by atoms with E-state index in [-0.39, 0.29) is 23.2 Å². The number of halogens is 1. The van der Waals surface area contributed by atoms with Gasteiger partial charge in [-0.05, 0) is 30.7 Å². The third kappa shape index (κ3) is 3.67. The van der Waals surface area contributed by atoms with Crippen molar-refractivity contribution in [3.63, 3.8) is 0 Å².